The molecule has 0 heterocycles. The van der Waals surface area contributed by atoms with Crippen molar-refractivity contribution in [3.05, 3.63) is 58.6 Å². The molecular formula is C16H13ClF3NO4S. The number of carbonyl (C=O) groups excluding carboxylic acids is 1. The first kappa shape index (κ1) is 20.1. The van der Waals surface area contributed by atoms with Crippen molar-refractivity contribution in [2.24, 2.45) is 0 Å². The molecule has 0 spiro atoms. The number of sulfonamides is 1. The first-order chi connectivity index (χ1) is 12.0. The van der Waals surface area contributed by atoms with Gasteiger partial charge in [0.2, 0.25) is 0 Å². The van der Waals surface area contributed by atoms with E-state index < -0.39 is 32.6 Å². The topological polar surface area (TPSA) is 63.7 Å². The molecule has 5 nitrogen and oxygen atoms in total. The molecule has 0 radical (unpaired) electrons. The van der Waals surface area contributed by atoms with E-state index >= 15 is 0 Å². The lowest BCUT2D eigenvalue weighted by Gasteiger charge is -2.21. The predicted octanol–water partition coefficient (Wildman–Crippen LogP) is 3.97. The monoisotopic (exact) mass is 407 g/mol. The van der Waals surface area contributed by atoms with E-state index in [1.807, 2.05) is 0 Å². The number of methoxy groups -OCH3 is 1. The third kappa shape index (κ3) is 3.94. The Hall–Kier alpha value is -2.26. The summed E-state index contributed by atoms with van der Waals surface area (Å²) in [7, 11) is -2.00. The summed E-state index contributed by atoms with van der Waals surface area (Å²) in [4.78, 5) is 10.7. The second-order valence-corrected chi connectivity index (χ2v) is 7.50. The minimum absolute atomic E-state index is 0.131. The summed E-state index contributed by atoms with van der Waals surface area (Å²) < 4.78 is 69.3. The Kier molecular flexibility index (Phi) is 5.52. The van der Waals surface area contributed by atoms with Crippen molar-refractivity contribution in [2.75, 3.05) is 18.5 Å². The number of alkyl halides is 3. The van der Waals surface area contributed by atoms with Crippen LogP contribution < -0.4 is 4.31 Å². The Labute approximate surface area is 153 Å². The van der Waals surface area contributed by atoms with Crippen LogP contribution in [0.25, 0.3) is 0 Å². The Balaban J connectivity index is 2.45. The van der Waals surface area contributed by atoms with Gasteiger partial charge in [-0.25, -0.2) is 13.2 Å². The number of hydrogen-bond acceptors (Lipinski definition) is 4. The molecule has 0 saturated carbocycles. The van der Waals surface area contributed by atoms with Crippen molar-refractivity contribution >= 4 is 33.3 Å². The zero-order valence-electron chi connectivity index (χ0n) is 13.5. The molecule has 0 atom stereocenters. The number of benzene rings is 2. The van der Waals surface area contributed by atoms with Crippen molar-refractivity contribution in [3.63, 3.8) is 0 Å². The fourth-order valence-corrected chi connectivity index (χ4v) is 3.78. The minimum atomic E-state index is -4.71. The van der Waals surface area contributed by atoms with Crippen molar-refractivity contribution in [1.29, 1.82) is 0 Å². The van der Waals surface area contributed by atoms with Gasteiger partial charge in [-0.05, 0) is 42.5 Å². The molecule has 0 aliphatic rings. The lowest BCUT2D eigenvalue weighted by atomic mass is 10.2. The van der Waals surface area contributed by atoms with Crippen molar-refractivity contribution in [3.8, 4) is 0 Å². The van der Waals surface area contributed by atoms with Gasteiger partial charge in [0, 0.05) is 7.05 Å². The Morgan fingerprint density at radius 1 is 1.12 bits per heavy atom. The van der Waals surface area contributed by atoms with Gasteiger partial charge in [0.25, 0.3) is 10.0 Å². The summed E-state index contributed by atoms with van der Waals surface area (Å²) in [5.41, 5.74) is -0.805. The van der Waals surface area contributed by atoms with Gasteiger partial charge in [0.05, 0.1) is 28.9 Å². The lowest BCUT2D eigenvalue weighted by molar-refractivity contribution is -0.137. The molecule has 10 heteroatoms. The normalized spacial score (nSPS) is 11.9. The first-order valence-electron chi connectivity index (χ1n) is 7.02. The van der Waals surface area contributed by atoms with Gasteiger partial charge in [0.15, 0.2) is 0 Å². The van der Waals surface area contributed by atoms with Gasteiger partial charge in [0.1, 0.15) is 4.90 Å². The van der Waals surface area contributed by atoms with E-state index in [2.05, 4.69) is 4.74 Å². The molecule has 2 aromatic carbocycles. The fraction of sp³-hybridized carbons (Fsp3) is 0.188. The van der Waals surface area contributed by atoms with E-state index in [0.717, 1.165) is 10.4 Å². The molecule has 0 N–H and O–H groups in total. The van der Waals surface area contributed by atoms with Crippen LogP contribution in [0.3, 0.4) is 0 Å². The Bertz CT molecular complexity index is 928. The molecule has 0 aliphatic carbocycles. The van der Waals surface area contributed by atoms with Gasteiger partial charge in [-0.2, -0.15) is 13.2 Å². The summed E-state index contributed by atoms with van der Waals surface area (Å²) >= 11 is 5.81. The van der Waals surface area contributed by atoms with Crippen LogP contribution in [0.1, 0.15) is 15.9 Å². The molecule has 0 unspecified atom stereocenters. The molecule has 2 rings (SSSR count). The quantitative estimate of drug-likeness (QED) is 0.719. The number of rotatable bonds is 4. The van der Waals surface area contributed by atoms with Crippen LogP contribution >= 0.6 is 11.6 Å². The molecule has 0 saturated heterocycles. The Morgan fingerprint density at radius 3 is 2.19 bits per heavy atom. The second kappa shape index (κ2) is 7.16. The third-order valence-corrected chi connectivity index (χ3v) is 5.82. The van der Waals surface area contributed by atoms with E-state index in [4.69, 9.17) is 11.6 Å². The van der Waals surface area contributed by atoms with Crippen LogP contribution in [0, 0.1) is 0 Å². The molecular weight excluding hydrogens is 395 g/mol. The van der Waals surface area contributed by atoms with Gasteiger partial charge in [-0.3, -0.25) is 4.31 Å². The van der Waals surface area contributed by atoms with Gasteiger partial charge in [-0.1, -0.05) is 11.6 Å². The third-order valence-electron chi connectivity index (χ3n) is 3.55. The highest BCUT2D eigenvalue weighted by atomic mass is 35.5. The smallest absolute Gasteiger partial charge is 0.416 e. The number of hydrogen-bond donors (Lipinski definition) is 0. The average molecular weight is 408 g/mol. The maximum atomic E-state index is 12.9. The minimum Gasteiger partial charge on any atom is -0.465 e. The molecule has 0 amide bonds. The molecule has 0 fully saturated rings. The van der Waals surface area contributed by atoms with Crippen LogP contribution in [0.4, 0.5) is 18.9 Å². The van der Waals surface area contributed by atoms with E-state index in [1.165, 1.54) is 38.4 Å². The maximum absolute atomic E-state index is 12.9. The number of ether oxygens (including phenoxy) is 1. The summed E-state index contributed by atoms with van der Waals surface area (Å²) in [6.45, 7) is 0. The van der Waals surface area contributed by atoms with E-state index in [-0.39, 0.29) is 16.3 Å². The highest BCUT2D eigenvalue weighted by Gasteiger charge is 2.33. The summed E-state index contributed by atoms with van der Waals surface area (Å²) in [5.74, 6) is -0.608. The highest BCUT2D eigenvalue weighted by Crippen LogP contribution is 2.35. The van der Waals surface area contributed by atoms with Crippen LogP contribution in [0.15, 0.2) is 47.4 Å². The van der Waals surface area contributed by atoms with Crippen molar-refractivity contribution in [1.82, 2.24) is 0 Å². The maximum Gasteiger partial charge on any atom is 0.416 e. The van der Waals surface area contributed by atoms with E-state index in [9.17, 15) is 26.4 Å². The summed E-state index contributed by atoms with van der Waals surface area (Å²) in [6.07, 6.45) is -4.71. The van der Waals surface area contributed by atoms with Gasteiger partial charge < -0.3 is 4.74 Å². The number of halogens is 4. The van der Waals surface area contributed by atoms with Gasteiger partial charge in [-0.15, -0.1) is 0 Å². The van der Waals surface area contributed by atoms with Crippen molar-refractivity contribution in [2.45, 2.75) is 11.1 Å². The van der Waals surface area contributed by atoms with Crippen molar-refractivity contribution < 1.29 is 31.1 Å². The number of nitrogens with zero attached hydrogens (tertiary/aromatic N) is 1. The average Bonchev–Trinajstić information content (AvgIpc) is 2.59. The second-order valence-electron chi connectivity index (χ2n) is 5.15. The standard InChI is InChI=1S/C16H13ClF3NO4S/c1-21(12-6-3-10(4-7-12)15(22)25-2)26(23,24)14-9-11(16(18,19)20)5-8-13(14)17/h3-9H,1-2H3. The molecule has 0 aromatic heterocycles. The summed E-state index contributed by atoms with van der Waals surface area (Å²) in [6, 6.07) is 7.38. The Morgan fingerprint density at radius 2 is 1.69 bits per heavy atom. The SMILES string of the molecule is COC(=O)c1ccc(N(C)S(=O)(=O)c2cc(C(F)(F)F)ccc2Cl)cc1. The van der Waals surface area contributed by atoms with E-state index in [1.54, 1.807) is 0 Å². The van der Waals surface area contributed by atoms with Crippen LogP contribution in [-0.2, 0) is 20.9 Å². The summed E-state index contributed by atoms with van der Waals surface area (Å²) in [5, 5.41) is -0.337. The van der Waals surface area contributed by atoms with E-state index in [0.29, 0.717) is 12.1 Å². The van der Waals surface area contributed by atoms with Gasteiger partial charge >= 0.3 is 12.1 Å². The molecule has 140 valence electrons. The predicted molar refractivity (Wildman–Crippen MR) is 89.8 cm³/mol. The zero-order valence-corrected chi connectivity index (χ0v) is 15.1. The molecule has 0 aliphatic heterocycles. The number of carbonyl (C=O) groups is 1. The van der Waals surface area contributed by atoms with Crippen LogP contribution in [0.2, 0.25) is 5.02 Å². The van der Waals surface area contributed by atoms with Crippen LogP contribution in [0.5, 0.6) is 0 Å². The largest absolute Gasteiger partial charge is 0.465 e. The molecule has 0 bridgehead atoms. The number of esters is 1. The molecule has 2 aromatic rings. The zero-order chi connectivity index (χ0) is 19.7. The highest BCUT2D eigenvalue weighted by molar-refractivity contribution is 7.93. The molecule has 26 heavy (non-hydrogen) atoms. The fourth-order valence-electron chi connectivity index (χ4n) is 2.09. The van der Waals surface area contributed by atoms with Crippen LogP contribution in [-0.4, -0.2) is 28.5 Å². The number of anilines is 1. The lowest BCUT2D eigenvalue weighted by Crippen LogP contribution is -2.27. The first-order valence-corrected chi connectivity index (χ1v) is 8.84.